The Labute approximate surface area is 147 Å². The van der Waals surface area contributed by atoms with E-state index in [1.54, 1.807) is 13.0 Å². The smallest absolute Gasteiger partial charge is 0.339 e. The van der Waals surface area contributed by atoms with E-state index in [0.717, 1.165) is 24.8 Å². The Kier molecular flexibility index (Phi) is 3.83. The Balaban J connectivity index is 1.57. The average Bonchev–Trinajstić information content (AvgIpc) is 2.62. The summed E-state index contributed by atoms with van der Waals surface area (Å²) in [6, 6.07) is 15.5. The van der Waals surface area contributed by atoms with Gasteiger partial charge in [0, 0.05) is 6.42 Å². The lowest BCUT2D eigenvalue weighted by Gasteiger charge is -2.35. The monoisotopic (exact) mass is 335 g/mol. The molecule has 1 aliphatic heterocycles. The van der Waals surface area contributed by atoms with Crippen LogP contribution in [0.15, 0.2) is 48.5 Å². The van der Waals surface area contributed by atoms with Crippen LogP contribution in [0.25, 0.3) is 0 Å². The van der Waals surface area contributed by atoms with Crippen molar-refractivity contribution in [3.8, 4) is 0 Å². The number of carbonyl (C=O) groups is 2. The molecule has 0 unspecified atom stereocenters. The third-order valence-corrected chi connectivity index (χ3v) is 5.24. The lowest BCUT2D eigenvalue weighted by atomic mass is 9.86. The summed E-state index contributed by atoms with van der Waals surface area (Å²) in [6.07, 6.45) is 3.39. The van der Waals surface area contributed by atoms with Gasteiger partial charge >= 0.3 is 5.97 Å². The first kappa shape index (κ1) is 15.9. The predicted octanol–water partition coefficient (Wildman–Crippen LogP) is 3.35. The van der Waals surface area contributed by atoms with Crippen LogP contribution in [0.4, 0.5) is 0 Å². The van der Waals surface area contributed by atoms with Crippen LogP contribution >= 0.6 is 0 Å². The van der Waals surface area contributed by atoms with Crippen molar-refractivity contribution >= 4 is 11.9 Å². The zero-order valence-electron chi connectivity index (χ0n) is 14.2. The maximum absolute atomic E-state index is 13.0. The van der Waals surface area contributed by atoms with Gasteiger partial charge in [-0.05, 0) is 48.9 Å². The first-order valence-corrected chi connectivity index (χ1v) is 8.77. The van der Waals surface area contributed by atoms with Gasteiger partial charge in [-0.1, -0.05) is 42.5 Å². The van der Waals surface area contributed by atoms with Gasteiger partial charge in [0.05, 0.1) is 11.6 Å². The first-order valence-electron chi connectivity index (χ1n) is 8.77. The molecule has 1 aliphatic carbocycles. The lowest BCUT2D eigenvalue weighted by Crippen LogP contribution is -2.52. The van der Waals surface area contributed by atoms with Crippen molar-refractivity contribution in [3.63, 3.8) is 0 Å². The highest BCUT2D eigenvalue weighted by Crippen LogP contribution is 2.32. The minimum atomic E-state index is -1.17. The molecule has 1 N–H and O–H groups in total. The van der Waals surface area contributed by atoms with Gasteiger partial charge in [-0.15, -0.1) is 0 Å². The van der Waals surface area contributed by atoms with E-state index in [-0.39, 0.29) is 11.9 Å². The third kappa shape index (κ3) is 2.82. The third-order valence-electron chi connectivity index (χ3n) is 5.24. The van der Waals surface area contributed by atoms with Gasteiger partial charge in [-0.25, -0.2) is 4.79 Å². The summed E-state index contributed by atoms with van der Waals surface area (Å²) in [4.78, 5) is 25.3. The molecule has 4 rings (SSSR count). The fraction of sp³-hybridized carbons (Fsp3) is 0.333. The number of aryl methyl sites for hydroxylation is 1. The number of hydrogen-bond donors (Lipinski definition) is 1. The van der Waals surface area contributed by atoms with Gasteiger partial charge in [-0.2, -0.15) is 0 Å². The SMILES string of the molecule is C[C@@]1(C(=O)N[C@H]2CCCc3ccccc32)Cc2ccccc2C(=O)O1. The minimum absolute atomic E-state index is 0.0230. The molecule has 0 spiro atoms. The van der Waals surface area contributed by atoms with Gasteiger partial charge in [0.25, 0.3) is 5.91 Å². The van der Waals surface area contributed by atoms with Crippen molar-refractivity contribution in [3.05, 3.63) is 70.8 Å². The molecule has 0 saturated carbocycles. The zero-order valence-corrected chi connectivity index (χ0v) is 14.2. The number of hydrogen-bond acceptors (Lipinski definition) is 3. The summed E-state index contributed by atoms with van der Waals surface area (Å²) >= 11 is 0. The second kappa shape index (κ2) is 6.03. The Bertz CT molecular complexity index is 845. The molecule has 4 heteroatoms. The molecule has 1 heterocycles. The number of cyclic esters (lactones) is 1. The fourth-order valence-corrected chi connectivity index (χ4v) is 3.87. The number of ether oxygens (including phenoxy) is 1. The van der Waals surface area contributed by atoms with Crippen LogP contribution in [0.3, 0.4) is 0 Å². The highest BCUT2D eigenvalue weighted by atomic mass is 16.6. The Morgan fingerprint density at radius 2 is 1.84 bits per heavy atom. The molecule has 1 amide bonds. The fourth-order valence-electron chi connectivity index (χ4n) is 3.87. The van der Waals surface area contributed by atoms with Crippen LogP contribution in [0.5, 0.6) is 0 Å². The molecule has 0 radical (unpaired) electrons. The van der Waals surface area contributed by atoms with Crippen LogP contribution in [-0.4, -0.2) is 17.5 Å². The van der Waals surface area contributed by atoms with Crippen molar-refractivity contribution in [2.75, 3.05) is 0 Å². The highest BCUT2D eigenvalue weighted by molar-refractivity contribution is 5.97. The lowest BCUT2D eigenvalue weighted by molar-refractivity contribution is -0.140. The standard InChI is InChI=1S/C21H21NO3/c1-21(13-15-8-3-5-11-17(15)19(23)25-21)20(24)22-18-12-6-9-14-7-2-4-10-16(14)18/h2-5,7-8,10-11,18H,6,9,12-13H2,1H3,(H,22,24)/t18-,21-/m0/s1. The molecular formula is C21H21NO3. The molecule has 2 aromatic carbocycles. The normalized spacial score (nSPS) is 24.7. The summed E-state index contributed by atoms with van der Waals surface area (Å²) < 4.78 is 5.54. The van der Waals surface area contributed by atoms with Crippen LogP contribution in [-0.2, 0) is 22.4 Å². The number of rotatable bonds is 2. The van der Waals surface area contributed by atoms with E-state index >= 15 is 0 Å². The van der Waals surface area contributed by atoms with E-state index in [1.165, 1.54) is 11.1 Å². The van der Waals surface area contributed by atoms with E-state index in [9.17, 15) is 9.59 Å². The van der Waals surface area contributed by atoms with Gasteiger partial charge < -0.3 is 10.1 Å². The number of amides is 1. The summed E-state index contributed by atoms with van der Waals surface area (Å²) in [5, 5.41) is 3.12. The molecule has 0 aromatic heterocycles. The van der Waals surface area contributed by atoms with Gasteiger partial charge in [0.15, 0.2) is 5.60 Å². The topological polar surface area (TPSA) is 55.4 Å². The Morgan fingerprint density at radius 1 is 1.12 bits per heavy atom. The Hall–Kier alpha value is -2.62. The van der Waals surface area contributed by atoms with E-state index in [0.29, 0.717) is 12.0 Å². The molecule has 2 aromatic rings. The van der Waals surface area contributed by atoms with E-state index in [4.69, 9.17) is 4.74 Å². The molecule has 128 valence electrons. The molecule has 4 nitrogen and oxygen atoms in total. The summed E-state index contributed by atoms with van der Waals surface area (Å²) in [6.45, 7) is 1.70. The second-order valence-electron chi connectivity index (χ2n) is 7.07. The number of fused-ring (bicyclic) bond motifs is 2. The van der Waals surface area contributed by atoms with Crippen molar-refractivity contribution in [2.24, 2.45) is 0 Å². The number of nitrogens with one attached hydrogen (secondary N) is 1. The molecule has 0 saturated heterocycles. The zero-order chi connectivity index (χ0) is 17.4. The van der Waals surface area contributed by atoms with Gasteiger partial charge in [0.2, 0.25) is 0 Å². The predicted molar refractivity (Wildman–Crippen MR) is 94.2 cm³/mol. The minimum Gasteiger partial charge on any atom is -0.445 e. The number of carbonyl (C=O) groups excluding carboxylic acids is 2. The largest absolute Gasteiger partial charge is 0.445 e. The van der Waals surface area contributed by atoms with Crippen LogP contribution in [0, 0.1) is 0 Å². The maximum Gasteiger partial charge on any atom is 0.339 e. The average molecular weight is 335 g/mol. The first-order chi connectivity index (χ1) is 12.1. The van der Waals surface area contributed by atoms with E-state index < -0.39 is 11.6 Å². The van der Waals surface area contributed by atoms with Gasteiger partial charge in [-0.3, -0.25) is 4.79 Å². The van der Waals surface area contributed by atoms with Crippen molar-refractivity contribution in [1.29, 1.82) is 0 Å². The van der Waals surface area contributed by atoms with E-state index in [1.807, 2.05) is 30.3 Å². The molecule has 2 atom stereocenters. The molecule has 0 bridgehead atoms. The molecular weight excluding hydrogens is 314 g/mol. The number of benzene rings is 2. The van der Waals surface area contributed by atoms with Crippen molar-refractivity contribution in [2.45, 2.75) is 44.2 Å². The van der Waals surface area contributed by atoms with Crippen molar-refractivity contribution in [1.82, 2.24) is 5.32 Å². The number of esters is 1. The molecule has 2 aliphatic rings. The quantitative estimate of drug-likeness (QED) is 0.856. The Morgan fingerprint density at radius 3 is 2.68 bits per heavy atom. The second-order valence-corrected chi connectivity index (χ2v) is 7.07. The van der Waals surface area contributed by atoms with Crippen molar-refractivity contribution < 1.29 is 14.3 Å². The molecule has 25 heavy (non-hydrogen) atoms. The maximum atomic E-state index is 13.0. The highest BCUT2D eigenvalue weighted by Gasteiger charge is 2.43. The molecule has 0 fully saturated rings. The van der Waals surface area contributed by atoms with Gasteiger partial charge in [0.1, 0.15) is 0 Å². The summed E-state index contributed by atoms with van der Waals surface area (Å²) in [5.41, 5.74) is 2.71. The van der Waals surface area contributed by atoms with Crippen LogP contribution < -0.4 is 5.32 Å². The summed E-state index contributed by atoms with van der Waals surface area (Å²) in [5.74, 6) is -0.652. The van der Waals surface area contributed by atoms with E-state index in [2.05, 4.69) is 17.4 Å². The van der Waals surface area contributed by atoms with Crippen LogP contribution in [0.1, 0.15) is 52.9 Å². The van der Waals surface area contributed by atoms with Crippen LogP contribution in [0.2, 0.25) is 0 Å². The summed E-state index contributed by atoms with van der Waals surface area (Å²) in [7, 11) is 0.